The van der Waals surface area contributed by atoms with Crippen molar-refractivity contribution in [3.63, 3.8) is 0 Å². The molecule has 4 rings (SSSR count). The van der Waals surface area contributed by atoms with Crippen LogP contribution in [0, 0.1) is 0 Å². The van der Waals surface area contributed by atoms with Crippen molar-refractivity contribution in [2.75, 3.05) is 24.7 Å². The van der Waals surface area contributed by atoms with Crippen molar-refractivity contribution in [3.05, 3.63) is 66.9 Å². The Bertz CT molecular complexity index is 818. The van der Waals surface area contributed by atoms with Gasteiger partial charge < -0.3 is 14.2 Å². The zero-order valence-corrected chi connectivity index (χ0v) is 15.3. The topological polar surface area (TPSA) is 69.0 Å². The lowest BCUT2D eigenvalue weighted by molar-refractivity contribution is 0.193. The van der Waals surface area contributed by atoms with Crippen LogP contribution in [0.2, 0.25) is 0 Å². The van der Waals surface area contributed by atoms with E-state index < -0.39 is 0 Å². The molecule has 140 valence electrons. The largest absolute Gasteiger partial charge is 0.381 e. The molecular formula is C20H24N6O. The predicted octanol–water partition coefficient (Wildman–Crippen LogP) is 2.67. The molecule has 27 heavy (non-hydrogen) atoms. The fraction of sp³-hybridized carbons (Fsp3) is 0.400. The number of ether oxygens (including phenoxy) is 1. The molecule has 0 N–H and O–H groups in total. The first kappa shape index (κ1) is 17.6. The predicted molar refractivity (Wildman–Crippen MR) is 102 cm³/mol. The van der Waals surface area contributed by atoms with Gasteiger partial charge in [0.2, 0.25) is 0 Å². The van der Waals surface area contributed by atoms with Crippen LogP contribution in [0.4, 0.5) is 5.82 Å². The molecule has 0 aromatic carbocycles. The summed E-state index contributed by atoms with van der Waals surface area (Å²) in [4.78, 5) is 19.7. The van der Waals surface area contributed by atoms with E-state index in [1.54, 1.807) is 12.5 Å². The third-order valence-corrected chi connectivity index (χ3v) is 4.85. The van der Waals surface area contributed by atoms with Crippen LogP contribution in [-0.4, -0.2) is 44.3 Å². The van der Waals surface area contributed by atoms with Crippen LogP contribution < -0.4 is 4.90 Å². The SMILES string of the molecule is c1cncc(CN(CCCn2ccnc2)c2cc(C3CCOC3)ncn2)c1. The quantitative estimate of drug-likeness (QED) is 0.612. The number of nitrogens with zero attached hydrogens (tertiary/aromatic N) is 6. The summed E-state index contributed by atoms with van der Waals surface area (Å²) < 4.78 is 7.62. The molecular weight excluding hydrogens is 340 g/mol. The lowest BCUT2D eigenvalue weighted by atomic mass is 10.0. The number of pyridine rings is 1. The van der Waals surface area contributed by atoms with E-state index in [2.05, 4.69) is 41.5 Å². The number of aromatic nitrogens is 5. The van der Waals surface area contributed by atoms with Crippen LogP contribution in [0.3, 0.4) is 0 Å². The van der Waals surface area contributed by atoms with Gasteiger partial charge in [-0.05, 0) is 24.5 Å². The number of rotatable bonds is 8. The van der Waals surface area contributed by atoms with E-state index in [4.69, 9.17) is 4.74 Å². The van der Waals surface area contributed by atoms with Gasteiger partial charge in [0, 0.05) is 63.0 Å². The second-order valence-electron chi connectivity index (χ2n) is 6.80. The van der Waals surface area contributed by atoms with Gasteiger partial charge in [-0.2, -0.15) is 0 Å². The van der Waals surface area contributed by atoms with Gasteiger partial charge >= 0.3 is 0 Å². The summed E-state index contributed by atoms with van der Waals surface area (Å²) in [6.45, 7) is 4.16. The maximum absolute atomic E-state index is 5.52. The van der Waals surface area contributed by atoms with Crippen molar-refractivity contribution in [1.82, 2.24) is 24.5 Å². The van der Waals surface area contributed by atoms with Crippen LogP contribution in [0.15, 0.2) is 55.6 Å². The van der Waals surface area contributed by atoms with E-state index >= 15 is 0 Å². The summed E-state index contributed by atoms with van der Waals surface area (Å²) in [6.07, 6.45) is 13.1. The molecule has 0 saturated carbocycles. The average Bonchev–Trinajstić information content (AvgIpc) is 3.42. The molecule has 1 fully saturated rings. The first-order valence-corrected chi connectivity index (χ1v) is 9.38. The standard InChI is InChI=1S/C20H24N6O/c1-3-17(12-21-5-1)13-26(8-2-7-25-9-6-22-16-25)20-11-19(23-15-24-20)18-4-10-27-14-18/h1,3,5-6,9,11-12,15-16,18H,2,4,7-8,10,13-14H2. The van der Waals surface area contributed by atoms with Crippen LogP contribution in [-0.2, 0) is 17.8 Å². The van der Waals surface area contributed by atoms with Gasteiger partial charge in [-0.25, -0.2) is 15.0 Å². The minimum absolute atomic E-state index is 0.373. The van der Waals surface area contributed by atoms with Crippen LogP contribution in [0.5, 0.6) is 0 Å². The van der Waals surface area contributed by atoms with E-state index in [0.717, 1.165) is 57.2 Å². The van der Waals surface area contributed by atoms with Gasteiger partial charge in [0.1, 0.15) is 12.1 Å². The van der Waals surface area contributed by atoms with Crippen molar-refractivity contribution < 1.29 is 4.74 Å². The van der Waals surface area contributed by atoms with E-state index in [1.165, 1.54) is 5.56 Å². The molecule has 7 nitrogen and oxygen atoms in total. The second-order valence-corrected chi connectivity index (χ2v) is 6.80. The number of aryl methyl sites for hydroxylation is 1. The molecule has 4 heterocycles. The van der Waals surface area contributed by atoms with Gasteiger partial charge in [-0.3, -0.25) is 4.98 Å². The zero-order valence-electron chi connectivity index (χ0n) is 15.3. The van der Waals surface area contributed by atoms with E-state index in [-0.39, 0.29) is 0 Å². The molecule has 0 amide bonds. The normalized spacial score (nSPS) is 16.5. The Balaban J connectivity index is 1.50. The molecule has 1 aliphatic heterocycles. The molecule has 0 spiro atoms. The summed E-state index contributed by atoms with van der Waals surface area (Å²) in [5.41, 5.74) is 2.24. The van der Waals surface area contributed by atoms with Crippen molar-refractivity contribution in [3.8, 4) is 0 Å². The molecule has 0 bridgehead atoms. The first-order chi connectivity index (χ1) is 13.4. The molecule has 3 aromatic rings. The zero-order chi connectivity index (χ0) is 18.3. The summed E-state index contributed by atoms with van der Waals surface area (Å²) in [6, 6.07) is 6.19. The highest BCUT2D eigenvalue weighted by Crippen LogP contribution is 2.26. The van der Waals surface area contributed by atoms with E-state index in [0.29, 0.717) is 5.92 Å². The molecule has 7 heteroatoms. The number of anilines is 1. The molecule has 0 aliphatic carbocycles. The summed E-state index contributed by atoms with van der Waals surface area (Å²) >= 11 is 0. The molecule has 1 aliphatic rings. The summed E-state index contributed by atoms with van der Waals surface area (Å²) in [5, 5.41) is 0. The molecule has 3 aromatic heterocycles. The monoisotopic (exact) mass is 364 g/mol. The fourth-order valence-corrected chi connectivity index (χ4v) is 3.38. The number of hydrogen-bond donors (Lipinski definition) is 0. The van der Waals surface area contributed by atoms with Crippen molar-refractivity contribution in [2.45, 2.75) is 31.8 Å². The van der Waals surface area contributed by atoms with E-state index in [9.17, 15) is 0 Å². The second kappa shape index (κ2) is 8.73. The number of hydrogen-bond acceptors (Lipinski definition) is 6. The van der Waals surface area contributed by atoms with Gasteiger partial charge in [0.05, 0.1) is 18.6 Å². The Labute approximate surface area is 159 Å². The first-order valence-electron chi connectivity index (χ1n) is 9.38. The van der Waals surface area contributed by atoms with Gasteiger partial charge in [0.25, 0.3) is 0 Å². The third-order valence-electron chi connectivity index (χ3n) is 4.85. The van der Waals surface area contributed by atoms with E-state index in [1.807, 2.05) is 31.0 Å². The molecule has 1 saturated heterocycles. The highest BCUT2D eigenvalue weighted by molar-refractivity contribution is 5.40. The Morgan fingerprint density at radius 3 is 3.00 bits per heavy atom. The lowest BCUT2D eigenvalue weighted by Crippen LogP contribution is -2.26. The minimum atomic E-state index is 0.373. The van der Waals surface area contributed by atoms with Crippen LogP contribution in [0.25, 0.3) is 0 Å². The highest BCUT2D eigenvalue weighted by Gasteiger charge is 2.20. The van der Waals surface area contributed by atoms with Gasteiger partial charge in [0.15, 0.2) is 0 Å². The van der Waals surface area contributed by atoms with Crippen LogP contribution in [0.1, 0.15) is 30.0 Å². The Kier molecular flexibility index (Phi) is 5.69. The van der Waals surface area contributed by atoms with Gasteiger partial charge in [-0.1, -0.05) is 6.07 Å². The maximum Gasteiger partial charge on any atom is 0.132 e. The smallest absolute Gasteiger partial charge is 0.132 e. The fourth-order valence-electron chi connectivity index (χ4n) is 3.38. The molecule has 1 unspecified atom stereocenters. The number of imidazole rings is 1. The van der Waals surface area contributed by atoms with Gasteiger partial charge in [-0.15, -0.1) is 0 Å². The lowest BCUT2D eigenvalue weighted by Gasteiger charge is -2.24. The highest BCUT2D eigenvalue weighted by atomic mass is 16.5. The average molecular weight is 364 g/mol. The third kappa shape index (κ3) is 4.68. The summed E-state index contributed by atoms with van der Waals surface area (Å²) in [5.74, 6) is 1.33. The Hall–Kier alpha value is -2.80. The Morgan fingerprint density at radius 2 is 2.22 bits per heavy atom. The van der Waals surface area contributed by atoms with Crippen LogP contribution >= 0.6 is 0 Å². The molecule has 1 atom stereocenters. The summed E-state index contributed by atoms with van der Waals surface area (Å²) in [7, 11) is 0. The minimum Gasteiger partial charge on any atom is -0.381 e. The van der Waals surface area contributed by atoms with Crippen molar-refractivity contribution in [1.29, 1.82) is 0 Å². The molecule has 0 radical (unpaired) electrons. The Morgan fingerprint density at radius 1 is 1.22 bits per heavy atom. The maximum atomic E-state index is 5.52. The van der Waals surface area contributed by atoms with Crippen molar-refractivity contribution >= 4 is 5.82 Å². The van der Waals surface area contributed by atoms with Crippen molar-refractivity contribution in [2.24, 2.45) is 0 Å².